The highest BCUT2D eigenvalue weighted by molar-refractivity contribution is 7.26. The Morgan fingerprint density at radius 1 is 0.460 bits per heavy atom. The molecule has 0 aliphatic heterocycles. The Labute approximate surface area is 313 Å². The lowest BCUT2D eigenvalue weighted by molar-refractivity contribution is 0.669. The minimum Gasteiger partial charge on any atom is -0.456 e. The minimum atomic E-state index is -0.803. The van der Waals surface area contributed by atoms with Crippen molar-refractivity contribution >= 4 is 53.4 Å². The van der Waals surface area contributed by atoms with Gasteiger partial charge in [-0.2, -0.15) is 0 Å². The van der Waals surface area contributed by atoms with Crippen LogP contribution in [0.1, 0.15) is 20.6 Å². The van der Waals surface area contributed by atoms with Crippen LogP contribution in [0.5, 0.6) is 0 Å². The number of para-hydroxylation sites is 1. The first-order valence-corrected chi connectivity index (χ1v) is 16.2. The molecule has 3 aromatic heterocycles. The first-order valence-electron chi connectivity index (χ1n) is 22.9. The molecule has 0 aliphatic rings. The summed E-state index contributed by atoms with van der Waals surface area (Å²) in [5.74, 6) is 0.0703. The Hall–Kier alpha value is -6.43. The normalized spacial score (nSPS) is 15.8. The molecule has 50 heavy (non-hydrogen) atoms. The van der Waals surface area contributed by atoms with Gasteiger partial charge in [0.15, 0.2) is 17.5 Å². The van der Waals surface area contributed by atoms with E-state index in [2.05, 4.69) is 9.97 Å². The molecule has 5 heteroatoms. The molecule has 3 heterocycles. The Bertz CT molecular complexity index is 3710. The molecule has 0 N–H and O–H groups in total. The molecule has 0 saturated carbocycles. The van der Waals surface area contributed by atoms with Crippen molar-refractivity contribution in [1.29, 1.82) is 0 Å². The molecule has 0 bridgehead atoms. The van der Waals surface area contributed by atoms with E-state index in [1.165, 1.54) is 0 Å². The summed E-state index contributed by atoms with van der Waals surface area (Å²) >= 11 is 0.757. The lowest BCUT2D eigenvalue weighted by Crippen LogP contribution is -2.00. The maximum Gasteiger partial charge on any atom is 0.164 e. The van der Waals surface area contributed by atoms with Crippen LogP contribution in [0.4, 0.5) is 0 Å². The van der Waals surface area contributed by atoms with Crippen LogP contribution < -0.4 is 0 Å². The number of hydrogen-bond donors (Lipinski definition) is 0. The Balaban J connectivity index is 1.21. The van der Waals surface area contributed by atoms with Crippen LogP contribution in [-0.2, 0) is 0 Å². The molecule has 0 amide bonds. The quantitative estimate of drug-likeness (QED) is 0.183. The van der Waals surface area contributed by atoms with E-state index in [-0.39, 0.29) is 48.8 Å². The number of fused-ring (bicyclic) bond motifs is 6. The molecule has 0 radical (unpaired) electrons. The van der Waals surface area contributed by atoms with Gasteiger partial charge in [0.25, 0.3) is 0 Å². The van der Waals surface area contributed by atoms with E-state index >= 15 is 0 Å². The van der Waals surface area contributed by atoms with Crippen LogP contribution in [0, 0.1) is 0 Å². The van der Waals surface area contributed by atoms with Crippen LogP contribution >= 0.6 is 11.3 Å². The maximum absolute atomic E-state index is 9.50. The lowest BCUT2D eigenvalue weighted by Gasteiger charge is -2.10. The Kier molecular flexibility index (Phi) is 4.02. The van der Waals surface area contributed by atoms with Crippen LogP contribution in [0.25, 0.3) is 98.5 Å². The number of hydrogen-bond acceptors (Lipinski definition) is 5. The fourth-order valence-electron chi connectivity index (χ4n) is 5.85. The number of rotatable bonds is 5. The van der Waals surface area contributed by atoms with E-state index in [0.717, 1.165) is 22.1 Å². The summed E-state index contributed by atoms with van der Waals surface area (Å²) < 4.78 is 140. The molecule has 234 valence electrons. The summed E-state index contributed by atoms with van der Waals surface area (Å²) in [4.78, 5) is 14.0. The topological polar surface area (TPSA) is 51.8 Å². The van der Waals surface area contributed by atoms with Crippen molar-refractivity contribution in [3.05, 3.63) is 163 Å². The number of benzene rings is 7. The van der Waals surface area contributed by atoms with Crippen molar-refractivity contribution in [1.82, 2.24) is 15.0 Å². The van der Waals surface area contributed by atoms with Crippen LogP contribution in [0.2, 0.25) is 0 Å². The zero-order valence-corrected chi connectivity index (χ0v) is 26.4. The molecule has 0 spiro atoms. The molecule has 0 saturated heterocycles. The number of furan rings is 1. The Morgan fingerprint density at radius 2 is 1.14 bits per heavy atom. The van der Waals surface area contributed by atoms with Gasteiger partial charge in [-0.25, -0.2) is 15.0 Å². The van der Waals surface area contributed by atoms with E-state index in [9.17, 15) is 6.85 Å². The predicted molar refractivity (Wildman–Crippen MR) is 207 cm³/mol. The van der Waals surface area contributed by atoms with Gasteiger partial charge in [-0.1, -0.05) is 133 Å². The van der Waals surface area contributed by atoms with E-state index < -0.39 is 107 Å². The van der Waals surface area contributed by atoms with Gasteiger partial charge < -0.3 is 4.42 Å². The molecular formula is C45H27N3OS. The number of nitrogens with zero attached hydrogens (tertiary/aromatic N) is 3. The highest BCUT2D eigenvalue weighted by Crippen LogP contribution is 2.40. The average molecular weight is 673 g/mol. The smallest absolute Gasteiger partial charge is 0.164 e. The Morgan fingerprint density at radius 3 is 2.02 bits per heavy atom. The van der Waals surface area contributed by atoms with E-state index in [4.69, 9.17) is 23.1 Å². The summed E-state index contributed by atoms with van der Waals surface area (Å²) in [6.45, 7) is 0. The number of aromatic nitrogens is 3. The standard InChI is InChI=1S/C45H27N3OS/c1-2-10-29(11-3-1)43-46-44(48-45(47-43)33-24-25-36-35-14-4-6-18-39(35)49-40(36)27-33)30-22-20-28(21-23-30)31-12-8-13-32(26-31)34-16-9-17-38-37-15-5-7-19-41(37)50-42(34)38/h1-27H/i5D,7D,8D,9D,12D,13D,15D,16D,17D,19D,20D,21D,22D,23D,26D. The van der Waals surface area contributed by atoms with E-state index in [1.54, 1.807) is 42.5 Å². The molecule has 10 rings (SSSR count). The van der Waals surface area contributed by atoms with Crippen molar-refractivity contribution in [2.24, 2.45) is 0 Å². The summed E-state index contributed by atoms with van der Waals surface area (Å²) in [6.07, 6.45) is 0. The van der Waals surface area contributed by atoms with Gasteiger partial charge >= 0.3 is 0 Å². The molecule has 0 fully saturated rings. The van der Waals surface area contributed by atoms with Crippen molar-refractivity contribution < 1.29 is 25.0 Å². The molecule has 0 atom stereocenters. The summed E-state index contributed by atoms with van der Waals surface area (Å²) in [5, 5.41) is 1.53. The van der Waals surface area contributed by atoms with Gasteiger partial charge in [0.2, 0.25) is 0 Å². The second-order valence-corrected chi connectivity index (χ2v) is 12.3. The average Bonchev–Trinajstić information content (AvgIpc) is 3.90. The van der Waals surface area contributed by atoms with Gasteiger partial charge in [-0.3, -0.25) is 0 Å². The second-order valence-electron chi connectivity index (χ2n) is 11.2. The van der Waals surface area contributed by atoms with E-state index in [1.807, 2.05) is 30.3 Å². The van der Waals surface area contributed by atoms with Gasteiger partial charge in [0.1, 0.15) is 11.2 Å². The van der Waals surface area contributed by atoms with Crippen molar-refractivity contribution in [3.8, 4) is 56.4 Å². The maximum atomic E-state index is 9.50. The SMILES string of the molecule is [2H]c1c([2H])c(-c2c([2H])c([2H])c(-c3nc(-c4ccccc4)nc(-c4ccc5c(c4)oc4ccccc45)n3)c([2H])c2[2H])c([2H])c(-c2c([2H])c([2H])c([2H])c3c2sc2c([2H])c([2H])c([2H])c([2H])c23)c1[2H]. The first-order chi connectivity index (χ1) is 31.0. The third-order valence-electron chi connectivity index (χ3n) is 8.21. The summed E-state index contributed by atoms with van der Waals surface area (Å²) in [6, 6.07) is 12.0. The predicted octanol–water partition coefficient (Wildman–Crippen LogP) is 12.5. The van der Waals surface area contributed by atoms with E-state index in [0.29, 0.717) is 22.3 Å². The van der Waals surface area contributed by atoms with Crippen molar-refractivity contribution in [2.45, 2.75) is 0 Å². The van der Waals surface area contributed by atoms with Crippen molar-refractivity contribution in [2.75, 3.05) is 0 Å². The molecule has 4 nitrogen and oxygen atoms in total. The summed E-state index contributed by atoms with van der Waals surface area (Å²) in [7, 11) is 0. The second kappa shape index (κ2) is 11.6. The molecule has 10 aromatic rings. The summed E-state index contributed by atoms with van der Waals surface area (Å²) in [5.41, 5.74) is -0.0132. The van der Waals surface area contributed by atoms with Gasteiger partial charge in [0, 0.05) is 47.6 Å². The highest BCUT2D eigenvalue weighted by Gasteiger charge is 2.15. The van der Waals surface area contributed by atoms with Crippen LogP contribution in [0.3, 0.4) is 0 Å². The lowest BCUT2D eigenvalue weighted by atomic mass is 9.97. The van der Waals surface area contributed by atoms with Gasteiger partial charge in [-0.05, 0) is 52.5 Å². The largest absolute Gasteiger partial charge is 0.456 e. The fraction of sp³-hybridized carbons (Fsp3) is 0. The minimum absolute atomic E-state index is 0.00518. The third-order valence-corrected chi connectivity index (χ3v) is 9.34. The highest BCUT2D eigenvalue weighted by atomic mass is 32.1. The monoisotopic (exact) mass is 672 g/mol. The van der Waals surface area contributed by atoms with Crippen LogP contribution in [0.15, 0.2) is 168 Å². The number of thiophene rings is 1. The van der Waals surface area contributed by atoms with Gasteiger partial charge in [0.05, 0.1) is 20.6 Å². The first kappa shape index (κ1) is 17.3. The molecule has 0 aliphatic carbocycles. The van der Waals surface area contributed by atoms with Crippen molar-refractivity contribution in [3.63, 3.8) is 0 Å². The zero-order valence-electron chi connectivity index (χ0n) is 40.6. The molecule has 7 aromatic carbocycles. The zero-order chi connectivity index (χ0) is 46.1. The van der Waals surface area contributed by atoms with Gasteiger partial charge in [-0.15, -0.1) is 11.3 Å². The molecule has 0 unspecified atom stereocenters. The molecular weight excluding hydrogens is 631 g/mol. The van der Waals surface area contributed by atoms with Crippen LogP contribution in [-0.4, -0.2) is 15.0 Å². The fourth-order valence-corrected chi connectivity index (χ4v) is 6.92. The third kappa shape index (κ3) is 4.87.